The molecule has 3 heterocycles. The molecule has 2 atom stereocenters. The van der Waals surface area contributed by atoms with Gasteiger partial charge in [0.2, 0.25) is 5.91 Å². The number of aromatic nitrogens is 1. The molecule has 10 heteroatoms. The number of nitrogens with one attached hydrogen (secondary N) is 1. The van der Waals surface area contributed by atoms with Gasteiger partial charge in [-0.3, -0.25) is 9.59 Å². The van der Waals surface area contributed by atoms with Gasteiger partial charge in [0.1, 0.15) is 11.6 Å². The molecule has 4 rings (SSSR count). The second-order valence-electron chi connectivity index (χ2n) is 10.6. The van der Waals surface area contributed by atoms with Gasteiger partial charge in [-0.15, -0.1) is 0 Å². The Hall–Kier alpha value is -2.55. The van der Waals surface area contributed by atoms with Gasteiger partial charge in [0.05, 0.1) is 16.2 Å². The fourth-order valence-corrected chi connectivity index (χ4v) is 5.76. The van der Waals surface area contributed by atoms with Crippen molar-refractivity contribution in [2.75, 3.05) is 4.90 Å². The van der Waals surface area contributed by atoms with Crippen LogP contribution in [0.1, 0.15) is 69.3 Å². The second-order valence-corrected chi connectivity index (χ2v) is 11.5. The van der Waals surface area contributed by atoms with Crippen molar-refractivity contribution in [2.45, 2.75) is 82.7 Å². The average molecular weight is 535 g/mol. The Morgan fingerprint density at radius 1 is 1.11 bits per heavy atom. The standard InChI is InChI=1S/C26H32Cl2N4O4/c1-25(2,35)18-11-21(20(28)12-19(18)27)36-26(3,4)24(34)31-15-9-16-6-7-17(10-15)32(16)22-8-5-14(13-30-22)23(29)33/h5,8,11-13,15-17,35H,6-7,9-10H2,1-4H3,(H2,29,33)(H,31,34). The molecule has 2 aromatic rings. The van der Waals surface area contributed by atoms with E-state index in [1.54, 1.807) is 39.8 Å². The summed E-state index contributed by atoms with van der Waals surface area (Å²) in [6, 6.07) is 7.09. The zero-order valence-corrected chi connectivity index (χ0v) is 22.4. The number of hydrogen-bond donors (Lipinski definition) is 3. The third kappa shape index (κ3) is 5.41. The van der Waals surface area contributed by atoms with Crippen molar-refractivity contribution in [1.29, 1.82) is 0 Å². The first kappa shape index (κ1) is 26.5. The third-order valence-corrected chi connectivity index (χ3v) is 7.57. The number of rotatable bonds is 7. The number of anilines is 1. The van der Waals surface area contributed by atoms with Crippen LogP contribution in [0.5, 0.6) is 5.75 Å². The highest BCUT2D eigenvalue weighted by atomic mass is 35.5. The monoisotopic (exact) mass is 534 g/mol. The van der Waals surface area contributed by atoms with Crippen LogP contribution >= 0.6 is 23.2 Å². The summed E-state index contributed by atoms with van der Waals surface area (Å²) in [5, 5.41) is 14.2. The zero-order valence-electron chi connectivity index (χ0n) is 20.8. The summed E-state index contributed by atoms with van der Waals surface area (Å²) in [4.78, 5) is 31.4. The highest BCUT2D eigenvalue weighted by Gasteiger charge is 2.43. The molecule has 0 radical (unpaired) electrons. The maximum absolute atomic E-state index is 13.3. The van der Waals surface area contributed by atoms with Crippen LogP contribution in [0.25, 0.3) is 0 Å². The lowest BCUT2D eigenvalue weighted by atomic mass is 9.96. The van der Waals surface area contributed by atoms with Gasteiger partial charge < -0.3 is 25.8 Å². The molecule has 2 bridgehead atoms. The maximum Gasteiger partial charge on any atom is 0.263 e. The van der Waals surface area contributed by atoms with Crippen LogP contribution in [0.15, 0.2) is 30.5 Å². The minimum atomic E-state index is -1.21. The van der Waals surface area contributed by atoms with Crippen LogP contribution in [-0.2, 0) is 10.4 Å². The van der Waals surface area contributed by atoms with Crippen molar-refractivity contribution >= 4 is 40.8 Å². The van der Waals surface area contributed by atoms with Crippen LogP contribution in [0, 0.1) is 0 Å². The summed E-state index contributed by atoms with van der Waals surface area (Å²) >= 11 is 12.6. The van der Waals surface area contributed by atoms with Crippen molar-refractivity contribution in [3.05, 3.63) is 51.6 Å². The Bertz CT molecular complexity index is 1150. The Balaban J connectivity index is 1.43. The maximum atomic E-state index is 13.3. The molecule has 2 amide bonds. The third-order valence-electron chi connectivity index (χ3n) is 6.96. The molecular formula is C26H32Cl2N4O4. The number of carbonyl (C=O) groups excluding carboxylic acids is 2. The van der Waals surface area contributed by atoms with Crippen LogP contribution in [-0.4, -0.2) is 45.6 Å². The number of ether oxygens (including phenoxy) is 1. The first-order valence-corrected chi connectivity index (χ1v) is 12.8. The Morgan fingerprint density at radius 2 is 1.75 bits per heavy atom. The largest absolute Gasteiger partial charge is 0.476 e. The van der Waals surface area contributed by atoms with E-state index in [1.165, 1.54) is 12.3 Å². The molecule has 2 unspecified atom stereocenters. The number of amides is 2. The summed E-state index contributed by atoms with van der Waals surface area (Å²) in [6.07, 6.45) is 5.09. The van der Waals surface area contributed by atoms with Crippen molar-refractivity contribution < 1.29 is 19.4 Å². The fourth-order valence-electron chi connectivity index (χ4n) is 5.11. The average Bonchev–Trinajstić information content (AvgIpc) is 3.05. The van der Waals surface area contributed by atoms with E-state index in [0.717, 1.165) is 31.5 Å². The molecule has 2 aliphatic heterocycles. The molecular weight excluding hydrogens is 503 g/mol. The van der Waals surface area contributed by atoms with Gasteiger partial charge in [0, 0.05) is 34.9 Å². The number of carbonyl (C=O) groups is 2. The lowest BCUT2D eigenvalue weighted by molar-refractivity contribution is -0.135. The minimum absolute atomic E-state index is 0.00774. The topological polar surface area (TPSA) is 118 Å². The fraction of sp³-hybridized carbons (Fsp3) is 0.500. The number of primary amides is 1. The molecule has 2 aliphatic rings. The lowest BCUT2D eigenvalue weighted by Crippen LogP contribution is -2.55. The van der Waals surface area contributed by atoms with E-state index >= 15 is 0 Å². The molecule has 36 heavy (non-hydrogen) atoms. The Kier molecular flexibility index (Phi) is 7.16. The first-order valence-electron chi connectivity index (χ1n) is 12.0. The molecule has 0 spiro atoms. The molecule has 1 aromatic carbocycles. The zero-order chi connectivity index (χ0) is 26.4. The molecule has 1 aromatic heterocycles. The highest BCUT2D eigenvalue weighted by Crippen LogP contribution is 2.40. The van der Waals surface area contributed by atoms with Crippen LogP contribution in [0.3, 0.4) is 0 Å². The number of pyridine rings is 1. The van der Waals surface area contributed by atoms with Crippen molar-refractivity contribution in [1.82, 2.24) is 10.3 Å². The van der Waals surface area contributed by atoms with Crippen molar-refractivity contribution in [3.8, 4) is 5.75 Å². The first-order chi connectivity index (χ1) is 16.8. The number of nitrogens with zero attached hydrogens (tertiary/aromatic N) is 2. The van der Waals surface area contributed by atoms with E-state index in [-0.39, 0.29) is 34.8 Å². The smallest absolute Gasteiger partial charge is 0.263 e. The van der Waals surface area contributed by atoms with E-state index in [4.69, 9.17) is 33.7 Å². The SMILES string of the molecule is CC(C)(Oc1cc(C(C)(C)O)c(Cl)cc1Cl)C(=O)NC1CC2CCC(C1)N2c1ccc(C(N)=O)cn1. The number of halogens is 2. The van der Waals surface area contributed by atoms with Gasteiger partial charge in [-0.25, -0.2) is 4.98 Å². The number of hydrogen-bond acceptors (Lipinski definition) is 6. The summed E-state index contributed by atoms with van der Waals surface area (Å²) in [6.45, 7) is 6.61. The van der Waals surface area contributed by atoms with Crippen LogP contribution in [0.4, 0.5) is 5.82 Å². The normalized spacial score (nSPS) is 21.9. The number of fused-ring (bicyclic) bond motifs is 2. The molecule has 194 valence electrons. The van der Waals surface area contributed by atoms with E-state index in [9.17, 15) is 14.7 Å². The Labute approximate surface area is 221 Å². The number of aliphatic hydroxyl groups is 1. The summed E-state index contributed by atoms with van der Waals surface area (Å²) < 4.78 is 6.05. The summed E-state index contributed by atoms with van der Waals surface area (Å²) in [5.74, 6) is 0.346. The van der Waals surface area contributed by atoms with Crippen molar-refractivity contribution in [3.63, 3.8) is 0 Å². The molecule has 4 N–H and O–H groups in total. The van der Waals surface area contributed by atoms with E-state index in [0.29, 0.717) is 16.1 Å². The lowest BCUT2D eigenvalue weighted by Gasteiger charge is -2.41. The van der Waals surface area contributed by atoms with Gasteiger partial charge in [-0.05, 0) is 77.6 Å². The number of benzene rings is 1. The molecule has 2 fully saturated rings. The van der Waals surface area contributed by atoms with E-state index < -0.39 is 17.1 Å². The van der Waals surface area contributed by atoms with Gasteiger partial charge >= 0.3 is 0 Å². The molecule has 2 saturated heterocycles. The quantitative estimate of drug-likeness (QED) is 0.490. The van der Waals surface area contributed by atoms with Gasteiger partial charge in [0.25, 0.3) is 5.91 Å². The highest BCUT2D eigenvalue weighted by molar-refractivity contribution is 6.36. The molecule has 0 saturated carbocycles. The predicted molar refractivity (Wildman–Crippen MR) is 140 cm³/mol. The molecule has 0 aliphatic carbocycles. The van der Waals surface area contributed by atoms with Crippen molar-refractivity contribution in [2.24, 2.45) is 5.73 Å². The number of nitrogens with two attached hydrogens (primary N) is 1. The van der Waals surface area contributed by atoms with Gasteiger partial charge in [-0.1, -0.05) is 23.2 Å². The predicted octanol–water partition coefficient (Wildman–Crippen LogP) is 4.19. The molecule has 8 nitrogen and oxygen atoms in total. The minimum Gasteiger partial charge on any atom is -0.476 e. The number of piperidine rings is 1. The summed E-state index contributed by atoms with van der Waals surface area (Å²) in [5.41, 5.74) is 3.76. The van der Waals surface area contributed by atoms with E-state index in [1.807, 2.05) is 6.07 Å². The Morgan fingerprint density at radius 3 is 2.28 bits per heavy atom. The summed E-state index contributed by atoms with van der Waals surface area (Å²) in [7, 11) is 0. The van der Waals surface area contributed by atoms with Crippen LogP contribution in [0.2, 0.25) is 10.0 Å². The van der Waals surface area contributed by atoms with Crippen LogP contribution < -0.4 is 20.7 Å². The van der Waals surface area contributed by atoms with E-state index in [2.05, 4.69) is 15.2 Å². The second kappa shape index (κ2) is 9.72. The van der Waals surface area contributed by atoms with Gasteiger partial charge in [-0.2, -0.15) is 0 Å². The van der Waals surface area contributed by atoms with Gasteiger partial charge in [0.15, 0.2) is 5.60 Å².